The highest BCUT2D eigenvalue weighted by atomic mass is 35.5. The fraction of sp³-hybridized carbons (Fsp3) is 0.143. The molecule has 18 heavy (non-hydrogen) atoms. The van der Waals surface area contributed by atoms with Gasteiger partial charge < -0.3 is 4.74 Å². The van der Waals surface area contributed by atoms with Crippen LogP contribution in [0.5, 0.6) is 5.75 Å². The normalized spacial score (nSPS) is 9.83. The van der Waals surface area contributed by atoms with Crippen LogP contribution in [0.3, 0.4) is 0 Å². The van der Waals surface area contributed by atoms with E-state index in [1.165, 1.54) is 0 Å². The summed E-state index contributed by atoms with van der Waals surface area (Å²) < 4.78 is 5.33. The smallest absolute Gasteiger partial charge is 0.155 e. The molecule has 90 valence electrons. The van der Waals surface area contributed by atoms with E-state index in [9.17, 15) is 0 Å². The summed E-state index contributed by atoms with van der Waals surface area (Å²) in [5.41, 5.74) is 2.06. The second kappa shape index (κ2) is 5.52. The number of hydrogen-bond donors (Lipinski definition) is 0. The number of rotatable bonds is 3. The third kappa shape index (κ3) is 2.61. The van der Waals surface area contributed by atoms with Crippen LogP contribution in [0, 0.1) is 11.3 Å². The van der Waals surface area contributed by atoms with Gasteiger partial charge in [-0.3, -0.25) is 4.98 Å². The maximum Gasteiger partial charge on any atom is 0.155 e. The molecular formula is C14H11ClN2O. The molecule has 0 amide bonds. The first-order chi connectivity index (χ1) is 8.74. The fourth-order valence-corrected chi connectivity index (χ4v) is 1.80. The van der Waals surface area contributed by atoms with E-state index in [1.807, 2.05) is 25.1 Å². The van der Waals surface area contributed by atoms with E-state index in [2.05, 4.69) is 11.1 Å². The molecule has 3 nitrogen and oxygen atoms in total. The number of nitrogens with zero attached hydrogens (tertiary/aromatic N) is 2. The number of ether oxygens (including phenoxy) is 1. The van der Waals surface area contributed by atoms with Gasteiger partial charge in [-0.05, 0) is 25.1 Å². The van der Waals surface area contributed by atoms with Crippen molar-refractivity contribution in [2.75, 3.05) is 6.61 Å². The molecule has 2 aromatic rings. The molecule has 2 rings (SSSR count). The van der Waals surface area contributed by atoms with Gasteiger partial charge in [-0.25, -0.2) is 0 Å². The van der Waals surface area contributed by atoms with Crippen molar-refractivity contribution in [1.29, 1.82) is 5.26 Å². The van der Waals surface area contributed by atoms with E-state index in [-0.39, 0.29) is 0 Å². The molecule has 0 bridgehead atoms. The number of nitriles is 1. The Hall–Kier alpha value is -2.05. The van der Waals surface area contributed by atoms with Gasteiger partial charge in [0.1, 0.15) is 6.07 Å². The fourth-order valence-electron chi connectivity index (χ4n) is 1.61. The first-order valence-electron chi connectivity index (χ1n) is 5.53. The molecule has 4 heteroatoms. The van der Waals surface area contributed by atoms with Gasteiger partial charge in [-0.1, -0.05) is 23.7 Å². The molecule has 0 atom stereocenters. The third-order valence-corrected chi connectivity index (χ3v) is 2.64. The van der Waals surface area contributed by atoms with E-state index < -0.39 is 0 Å². The van der Waals surface area contributed by atoms with Gasteiger partial charge in [0.2, 0.25) is 0 Å². The molecule has 0 saturated heterocycles. The lowest BCUT2D eigenvalue weighted by Gasteiger charge is -2.07. The highest BCUT2D eigenvalue weighted by Crippen LogP contribution is 2.25. The zero-order valence-electron chi connectivity index (χ0n) is 9.85. The van der Waals surface area contributed by atoms with Crippen molar-refractivity contribution in [2.24, 2.45) is 0 Å². The summed E-state index contributed by atoms with van der Waals surface area (Å²) in [5.74, 6) is 0.505. The van der Waals surface area contributed by atoms with Gasteiger partial charge in [-0.15, -0.1) is 0 Å². The van der Waals surface area contributed by atoms with Crippen molar-refractivity contribution in [3.63, 3.8) is 0 Å². The highest BCUT2D eigenvalue weighted by molar-refractivity contribution is 6.30. The molecule has 0 radical (unpaired) electrons. The van der Waals surface area contributed by atoms with Crippen LogP contribution in [0.4, 0.5) is 0 Å². The summed E-state index contributed by atoms with van der Waals surface area (Å²) in [5, 5.41) is 9.73. The topological polar surface area (TPSA) is 45.9 Å². The lowest BCUT2D eigenvalue weighted by molar-refractivity contribution is 0.338. The highest BCUT2D eigenvalue weighted by Gasteiger charge is 2.07. The lowest BCUT2D eigenvalue weighted by atomic mass is 10.1. The SMILES string of the molecule is CCOc1cnc(-c2cccc(Cl)c2)cc1C#N. The molecule has 0 aliphatic carbocycles. The third-order valence-electron chi connectivity index (χ3n) is 2.41. The maximum atomic E-state index is 9.09. The summed E-state index contributed by atoms with van der Waals surface area (Å²) in [7, 11) is 0. The summed E-state index contributed by atoms with van der Waals surface area (Å²) in [6, 6.07) is 11.2. The van der Waals surface area contributed by atoms with Gasteiger partial charge in [0.25, 0.3) is 0 Å². The Morgan fingerprint density at radius 2 is 2.22 bits per heavy atom. The van der Waals surface area contributed by atoms with Crippen LogP contribution in [0.15, 0.2) is 36.5 Å². The molecule has 0 N–H and O–H groups in total. The van der Waals surface area contributed by atoms with Gasteiger partial charge in [0.05, 0.1) is 24.1 Å². The van der Waals surface area contributed by atoms with Crippen molar-refractivity contribution >= 4 is 11.6 Å². The molecule has 1 heterocycles. The van der Waals surface area contributed by atoms with E-state index in [1.54, 1.807) is 18.3 Å². The van der Waals surface area contributed by atoms with Crippen LogP contribution in [0.1, 0.15) is 12.5 Å². The molecule has 0 aliphatic heterocycles. The van der Waals surface area contributed by atoms with Crippen LogP contribution in [-0.4, -0.2) is 11.6 Å². The molecule has 0 unspecified atom stereocenters. The molecule has 0 saturated carbocycles. The van der Waals surface area contributed by atoms with Crippen LogP contribution in [0.2, 0.25) is 5.02 Å². The molecule has 1 aromatic carbocycles. The largest absolute Gasteiger partial charge is 0.491 e. The van der Waals surface area contributed by atoms with Crippen molar-refractivity contribution in [3.8, 4) is 23.1 Å². The standard InChI is InChI=1S/C14H11ClN2O/c1-2-18-14-9-17-13(7-11(14)8-16)10-4-3-5-12(15)6-10/h3-7,9H,2H2,1H3. The van der Waals surface area contributed by atoms with E-state index in [4.69, 9.17) is 21.6 Å². The second-order valence-corrected chi connectivity index (χ2v) is 4.06. The van der Waals surface area contributed by atoms with Crippen molar-refractivity contribution in [2.45, 2.75) is 6.92 Å². The zero-order valence-corrected chi connectivity index (χ0v) is 10.6. The first kappa shape index (κ1) is 12.4. The minimum absolute atomic E-state index is 0.474. The van der Waals surface area contributed by atoms with Crippen molar-refractivity contribution < 1.29 is 4.74 Å². The minimum atomic E-state index is 0.474. The maximum absolute atomic E-state index is 9.09. The second-order valence-electron chi connectivity index (χ2n) is 3.62. The minimum Gasteiger partial charge on any atom is -0.491 e. The van der Waals surface area contributed by atoms with Crippen molar-refractivity contribution in [1.82, 2.24) is 4.98 Å². The molecular weight excluding hydrogens is 248 g/mol. The molecule has 0 aliphatic rings. The van der Waals surface area contributed by atoms with Gasteiger partial charge in [-0.2, -0.15) is 5.26 Å². The van der Waals surface area contributed by atoms with Gasteiger partial charge >= 0.3 is 0 Å². The van der Waals surface area contributed by atoms with Crippen LogP contribution < -0.4 is 4.74 Å². The number of benzene rings is 1. The predicted octanol–water partition coefficient (Wildman–Crippen LogP) is 3.67. The van der Waals surface area contributed by atoms with E-state index >= 15 is 0 Å². The Kier molecular flexibility index (Phi) is 3.81. The van der Waals surface area contributed by atoms with Gasteiger partial charge in [0, 0.05) is 10.6 Å². The summed E-state index contributed by atoms with van der Waals surface area (Å²) in [6.45, 7) is 2.37. The summed E-state index contributed by atoms with van der Waals surface area (Å²) in [4.78, 5) is 4.28. The quantitative estimate of drug-likeness (QED) is 0.844. The summed E-state index contributed by atoms with van der Waals surface area (Å²) >= 11 is 5.93. The first-order valence-corrected chi connectivity index (χ1v) is 5.91. The van der Waals surface area contributed by atoms with E-state index in [0.717, 1.165) is 5.56 Å². The predicted molar refractivity (Wildman–Crippen MR) is 70.6 cm³/mol. The average molecular weight is 259 g/mol. The Morgan fingerprint density at radius 3 is 2.89 bits per heavy atom. The molecule has 0 spiro atoms. The zero-order chi connectivity index (χ0) is 13.0. The Bertz CT molecular complexity index is 605. The molecule has 0 fully saturated rings. The Balaban J connectivity index is 2.45. The Labute approximate surface area is 111 Å². The average Bonchev–Trinajstić information content (AvgIpc) is 2.39. The van der Waals surface area contributed by atoms with Crippen LogP contribution in [0.25, 0.3) is 11.3 Å². The molecule has 1 aromatic heterocycles. The lowest BCUT2D eigenvalue weighted by Crippen LogP contribution is -1.96. The number of halogens is 1. The Morgan fingerprint density at radius 1 is 1.39 bits per heavy atom. The number of hydrogen-bond acceptors (Lipinski definition) is 3. The van der Waals surface area contributed by atoms with Gasteiger partial charge in [0.15, 0.2) is 5.75 Å². The number of pyridine rings is 1. The van der Waals surface area contributed by atoms with Crippen LogP contribution >= 0.6 is 11.6 Å². The van der Waals surface area contributed by atoms with Crippen molar-refractivity contribution in [3.05, 3.63) is 47.1 Å². The monoisotopic (exact) mass is 258 g/mol. The number of aromatic nitrogens is 1. The van der Waals surface area contributed by atoms with Crippen LogP contribution in [-0.2, 0) is 0 Å². The van der Waals surface area contributed by atoms with E-state index in [0.29, 0.717) is 28.6 Å². The summed E-state index contributed by atoms with van der Waals surface area (Å²) in [6.07, 6.45) is 1.57.